The average molecular weight is 423 g/mol. The Hall–Kier alpha value is -3.60. The minimum absolute atomic E-state index is 0.0739. The lowest BCUT2D eigenvalue weighted by Crippen LogP contribution is -2.45. The zero-order chi connectivity index (χ0) is 22.8. The number of fused-ring (bicyclic) bond motifs is 1. The first-order chi connectivity index (χ1) is 14.8. The van der Waals surface area contributed by atoms with Gasteiger partial charge < -0.3 is 20.1 Å². The molecule has 8 heteroatoms. The highest BCUT2D eigenvalue weighted by molar-refractivity contribution is 5.97. The maximum Gasteiger partial charge on any atom is 0.329 e. The van der Waals surface area contributed by atoms with Gasteiger partial charge in [0.1, 0.15) is 11.8 Å². The molecule has 0 aliphatic carbocycles. The molecule has 2 aliphatic rings. The summed E-state index contributed by atoms with van der Waals surface area (Å²) in [5.41, 5.74) is 4.96. The Kier molecular flexibility index (Phi) is 6.16. The standard InChI is InChI=1S/C23H25N3O5/c1-4-30-17-9-6-15(7-10-17)19-20(21(25)28)26-12-16(14(3)27)8-11-18(26)23(19,13-24)22(29)31-5-2/h6-12,18-20H,4-5H2,1-3H3,(H2,25,28). The van der Waals surface area contributed by atoms with Gasteiger partial charge in [-0.25, -0.2) is 0 Å². The fourth-order valence-corrected chi connectivity index (χ4v) is 4.41. The van der Waals surface area contributed by atoms with E-state index in [1.54, 1.807) is 48.2 Å². The van der Waals surface area contributed by atoms with E-state index < -0.39 is 35.3 Å². The Morgan fingerprint density at radius 2 is 1.87 bits per heavy atom. The molecule has 162 valence electrons. The normalized spacial score (nSPS) is 26.5. The summed E-state index contributed by atoms with van der Waals surface area (Å²) in [6.07, 6.45) is 4.66. The van der Waals surface area contributed by atoms with Crippen LogP contribution in [0.5, 0.6) is 5.75 Å². The highest BCUT2D eigenvalue weighted by Gasteiger charge is 2.66. The van der Waals surface area contributed by atoms with Gasteiger partial charge in [0.25, 0.3) is 0 Å². The molecule has 1 fully saturated rings. The van der Waals surface area contributed by atoms with Crippen LogP contribution >= 0.6 is 0 Å². The van der Waals surface area contributed by atoms with Gasteiger partial charge >= 0.3 is 5.97 Å². The van der Waals surface area contributed by atoms with Gasteiger partial charge in [-0.05, 0) is 38.5 Å². The molecule has 0 radical (unpaired) electrons. The first-order valence-corrected chi connectivity index (χ1v) is 10.1. The Morgan fingerprint density at radius 1 is 1.19 bits per heavy atom. The van der Waals surface area contributed by atoms with Crippen molar-refractivity contribution in [1.82, 2.24) is 4.90 Å². The number of ketones is 1. The highest BCUT2D eigenvalue weighted by atomic mass is 16.5. The number of hydrogen-bond acceptors (Lipinski definition) is 7. The minimum Gasteiger partial charge on any atom is -0.494 e. The lowest BCUT2D eigenvalue weighted by molar-refractivity contribution is -0.153. The van der Waals surface area contributed by atoms with Crippen molar-refractivity contribution in [2.75, 3.05) is 13.2 Å². The second-order valence-electron chi connectivity index (χ2n) is 7.42. The summed E-state index contributed by atoms with van der Waals surface area (Å²) in [5, 5.41) is 10.3. The van der Waals surface area contributed by atoms with Gasteiger partial charge in [-0.1, -0.05) is 24.3 Å². The number of nitriles is 1. The number of rotatable bonds is 7. The molecule has 1 saturated heterocycles. The molecule has 31 heavy (non-hydrogen) atoms. The number of ether oxygens (including phenoxy) is 2. The average Bonchev–Trinajstić information content (AvgIpc) is 3.05. The molecule has 1 aromatic rings. The second-order valence-corrected chi connectivity index (χ2v) is 7.42. The number of allylic oxidation sites excluding steroid dienone is 2. The molecule has 2 aliphatic heterocycles. The van der Waals surface area contributed by atoms with Gasteiger partial charge in [-0.3, -0.25) is 14.4 Å². The number of nitrogens with two attached hydrogens (primary N) is 1. The molecule has 4 unspecified atom stereocenters. The summed E-state index contributed by atoms with van der Waals surface area (Å²) in [6, 6.07) is 7.16. The predicted molar refractivity (Wildman–Crippen MR) is 112 cm³/mol. The molecule has 0 aromatic heterocycles. The lowest BCUT2D eigenvalue weighted by Gasteiger charge is -2.32. The summed E-state index contributed by atoms with van der Waals surface area (Å²) < 4.78 is 10.8. The van der Waals surface area contributed by atoms with Gasteiger partial charge in [0.15, 0.2) is 11.2 Å². The molecule has 2 N–H and O–H groups in total. The first kappa shape index (κ1) is 22.1. The van der Waals surface area contributed by atoms with Crippen LogP contribution in [0.1, 0.15) is 32.3 Å². The molecule has 3 rings (SSSR count). The third kappa shape index (κ3) is 3.56. The van der Waals surface area contributed by atoms with Crippen LogP contribution in [-0.2, 0) is 19.1 Å². The Morgan fingerprint density at radius 3 is 2.39 bits per heavy atom. The number of benzene rings is 1. The van der Waals surface area contributed by atoms with Crippen molar-refractivity contribution < 1.29 is 23.9 Å². The third-order valence-corrected chi connectivity index (χ3v) is 5.71. The van der Waals surface area contributed by atoms with Crippen LogP contribution in [0.3, 0.4) is 0 Å². The Bertz CT molecular complexity index is 991. The number of esters is 1. The van der Waals surface area contributed by atoms with E-state index in [0.717, 1.165) is 0 Å². The summed E-state index contributed by atoms with van der Waals surface area (Å²) >= 11 is 0. The van der Waals surface area contributed by atoms with E-state index in [1.165, 1.54) is 13.1 Å². The monoisotopic (exact) mass is 423 g/mol. The van der Waals surface area contributed by atoms with E-state index >= 15 is 0 Å². The Balaban J connectivity index is 2.23. The Labute approximate surface area is 180 Å². The van der Waals surface area contributed by atoms with E-state index in [2.05, 4.69) is 6.07 Å². The minimum atomic E-state index is -1.74. The number of carbonyl (C=O) groups excluding carboxylic acids is 3. The lowest BCUT2D eigenvalue weighted by atomic mass is 9.68. The van der Waals surface area contributed by atoms with Gasteiger partial charge in [0, 0.05) is 17.7 Å². The maximum atomic E-state index is 13.2. The van der Waals surface area contributed by atoms with E-state index in [-0.39, 0.29) is 12.4 Å². The number of nitrogens with zero attached hydrogens (tertiary/aromatic N) is 2. The van der Waals surface area contributed by atoms with Crippen molar-refractivity contribution in [2.24, 2.45) is 11.1 Å². The van der Waals surface area contributed by atoms with Crippen molar-refractivity contribution in [3.63, 3.8) is 0 Å². The molecule has 4 atom stereocenters. The fraction of sp³-hybridized carbons (Fsp3) is 0.391. The van der Waals surface area contributed by atoms with E-state index in [4.69, 9.17) is 15.2 Å². The molecule has 0 bridgehead atoms. The van der Waals surface area contributed by atoms with Crippen LogP contribution in [0.15, 0.2) is 48.2 Å². The van der Waals surface area contributed by atoms with Crippen LogP contribution in [0.25, 0.3) is 0 Å². The highest BCUT2D eigenvalue weighted by Crippen LogP contribution is 2.53. The van der Waals surface area contributed by atoms with E-state index in [9.17, 15) is 19.6 Å². The summed E-state index contributed by atoms with van der Waals surface area (Å²) in [5.74, 6) is -1.95. The first-order valence-electron chi connectivity index (χ1n) is 10.1. The van der Waals surface area contributed by atoms with E-state index in [0.29, 0.717) is 23.5 Å². The van der Waals surface area contributed by atoms with E-state index in [1.807, 2.05) is 6.92 Å². The van der Waals surface area contributed by atoms with Crippen molar-refractivity contribution in [1.29, 1.82) is 5.26 Å². The molecule has 8 nitrogen and oxygen atoms in total. The third-order valence-electron chi connectivity index (χ3n) is 5.71. The molecule has 1 aromatic carbocycles. The predicted octanol–water partition coefficient (Wildman–Crippen LogP) is 1.82. The summed E-state index contributed by atoms with van der Waals surface area (Å²) in [4.78, 5) is 39.3. The smallest absolute Gasteiger partial charge is 0.329 e. The topological polar surface area (TPSA) is 123 Å². The van der Waals surface area contributed by atoms with Crippen LogP contribution in [0.2, 0.25) is 0 Å². The van der Waals surface area contributed by atoms with Crippen LogP contribution in [0.4, 0.5) is 0 Å². The molecule has 1 amide bonds. The molecule has 0 saturated carbocycles. The van der Waals surface area contributed by atoms with Crippen molar-refractivity contribution in [3.05, 3.63) is 53.8 Å². The number of carbonyl (C=O) groups is 3. The van der Waals surface area contributed by atoms with Crippen molar-refractivity contribution >= 4 is 17.7 Å². The van der Waals surface area contributed by atoms with Crippen LogP contribution in [-0.4, -0.2) is 47.9 Å². The van der Waals surface area contributed by atoms with Crippen LogP contribution < -0.4 is 10.5 Å². The molecule has 0 spiro atoms. The fourth-order valence-electron chi connectivity index (χ4n) is 4.41. The van der Waals surface area contributed by atoms with Gasteiger partial charge in [-0.15, -0.1) is 0 Å². The van der Waals surface area contributed by atoms with Crippen LogP contribution in [0, 0.1) is 16.7 Å². The zero-order valence-electron chi connectivity index (χ0n) is 17.7. The number of amides is 1. The SMILES string of the molecule is CCOC(=O)C1(C#N)C(c2ccc(OCC)cc2)C(C(N)=O)N2C=C(C(C)=O)C=CC21. The van der Waals surface area contributed by atoms with Crippen molar-refractivity contribution in [2.45, 2.75) is 38.8 Å². The molecule has 2 heterocycles. The summed E-state index contributed by atoms with van der Waals surface area (Å²) in [6.45, 7) is 5.47. The van der Waals surface area contributed by atoms with Gasteiger partial charge in [-0.2, -0.15) is 5.26 Å². The number of hydrogen-bond donors (Lipinski definition) is 1. The molecular weight excluding hydrogens is 398 g/mol. The van der Waals surface area contributed by atoms with Gasteiger partial charge in [0.2, 0.25) is 5.91 Å². The number of primary amides is 1. The summed E-state index contributed by atoms with van der Waals surface area (Å²) in [7, 11) is 0. The maximum absolute atomic E-state index is 13.2. The van der Waals surface area contributed by atoms with Crippen molar-refractivity contribution in [3.8, 4) is 11.8 Å². The number of Topliss-reactive ketones (excluding diaryl/α,β-unsaturated/α-hetero) is 1. The quantitative estimate of drug-likeness (QED) is 0.664. The largest absolute Gasteiger partial charge is 0.494 e. The molecular formula is C23H25N3O5. The second kappa shape index (κ2) is 8.64. The zero-order valence-corrected chi connectivity index (χ0v) is 17.7. The van der Waals surface area contributed by atoms with Gasteiger partial charge in [0.05, 0.1) is 25.3 Å².